The molecule has 4 nitrogen and oxygen atoms in total. The number of morpholine rings is 1. The zero-order chi connectivity index (χ0) is 13.8. The number of thiophene rings is 1. The Bertz CT molecular complexity index is 432. The van der Waals surface area contributed by atoms with Crippen LogP contribution < -0.4 is 0 Å². The van der Waals surface area contributed by atoms with Crippen LogP contribution in [0.25, 0.3) is 0 Å². The second-order valence-corrected chi connectivity index (χ2v) is 6.96. The molecule has 0 spiro atoms. The van der Waals surface area contributed by atoms with Gasteiger partial charge in [-0.1, -0.05) is 0 Å². The van der Waals surface area contributed by atoms with Gasteiger partial charge in [-0.05, 0) is 28.8 Å². The molecule has 1 unspecified atom stereocenters. The molecule has 20 heavy (non-hydrogen) atoms. The maximum Gasteiger partial charge on any atom is 0.233 e. The second-order valence-electron chi connectivity index (χ2n) is 5.11. The largest absolute Gasteiger partial charge is 0.379 e. The molecular formula is C14H20N2O2S2. The first-order chi connectivity index (χ1) is 9.84. The van der Waals surface area contributed by atoms with E-state index in [1.807, 2.05) is 4.90 Å². The average Bonchev–Trinajstić information content (AvgIpc) is 3.11. The van der Waals surface area contributed by atoms with Gasteiger partial charge in [-0.25, -0.2) is 0 Å². The van der Waals surface area contributed by atoms with Gasteiger partial charge in [0.05, 0.1) is 19.0 Å². The predicted octanol–water partition coefficient (Wildman–Crippen LogP) is 2.04. The summed E-state index contributed by atoms with van der Waals surface area (Å²) in [6, 6.07) is 2.13. The summed E-state index contributed by atoms with van der Waals surface area (Å²) in [5.74, 6) is 0.908. The number of ether oxygens (including phenoxy) is 1. The molecule has 0 saturated carbocycles. The number of carbonyl (C=O) groups excluding carboxylic acids is 1. The van der Waals surface area contributed by atoms with Crippen molar-refractivity contribution in [3.63, 3.8) is 0 Å². The van der Waals surface area contributed by atoms with Crippen molar-refractivity contribution in [1.29, 1.82) is 0 Å². The summed E-state index contributed by atoms with van der Waals surface area (Å²) < 4.78 is 5.35. The number of hydrogen-bond donors (Lipinski definition) is 0. The maximum atomic E-state index is 12.0. The first-order valence-electron chi connectivity index (χ1n) is 7.08. The molecule has 3 rings (SSSR count). The molecule has 1 amide bonds. The zero-order valence-electron chi connectivity index (χ0n) is 11.5. The van der Waals surface area contributed by atoms with Gasteiger partial charge in [-0.3, -0.25) is 9.69 Å². The van der Waals surface area contributed by atoms with E-state index >= 15 is 0 Å². The van der Waals surface area contributed by atoms with Crippen LogP contribution in [0.2, 0.25) is 0 Å². The lowest BCUT2D eigenvalue weighted by atomic mass is 10.2. The van der Waals surface area contributed by atoms with Crippen molar-refractivity contribution in [2.45, 2.75) is 11.8 Å². The Kier molecular flexibility index (Phi) is 4.99. The number of thioether (sulfide) groups is 1. The lowest BCUT2D eigenvalue weighted by Crippen LogP contribution is -2.38. The topological polar surface area (TPSA) is 32.8 Å². The highest BCUT2D eigenvalue weighted by molar-refractivity contribution is 8.00. The summed E-state index contributed by atoms with van der Waals surface area (Å²) >= 11 is 3.45. The third-order valence-corrected chi connectivity index (χ3v) is 5.73. The first kappa shape index (κ1) is 14.4. The van der Waals surface area contributed by atoms with E-state index in [0.29, 0.717) is 5.75 Å². The molecule has 110 valence electrons. The lowest BCUT2D eigenvalue weighted by Gasteiger charge is -2.28. The number of carbonyl (C=O) groups is 1. The summed E-state index contributed by atoms with van der Waals surface area (Å²) in [7, 11) is 0. The molecule has 0 N–H and O–H groups in total. The van der Waals surface area contributed by atoms with Crippen molar-refractivity contribution in [2.24, 2.45) is 0 Å². The molecule has 0 aromatic carbocycles. The van der Waals surface area contributed by atoms with Crippen molar-refractivity contribution in [1.82, 2.24) is 9.80 Å². The summed E-state index contributed by atoms with van der Waals surface area (Å²) in [4.78, 5) is 16.5. The van der Waals surface area contributed by atoms with Crippen LogP contribution in [0.5, 0.6) is 0 Å². The predicted molar refractivity (Wildman–Crippen MR) is 83.1 cm³/mol. The second kappa shape index (κ2) is 6.93. The Morgan fingerprint density at radius 1 is 1.30 bits per heavy atom. The van der Waals surface area contributed by atoms with Crippen LogP contribution in [-0.4, -0.2) is 60.9 Å². The molecule has 1 aromatic heterocycles. The molecule has 1 aromatic rings. The van der Waals surface area contributed by atoms with Crippen LogP contribution in [-0.2, 0) is 9.53 Å². The van der Waals surface area contributed by atoms with Crippen molar-refractivity contribution < 1.29 is 9.53 Å². The number of rotatable bonds is 5. The smallest absolute Gasteiger partial charge is 0.233 e. The van der Waals surface area contributed by atoms with Crippen LogP contribution >= 0.6 is 23.1 Å². The van der Waals surface area contributed by atoms with Crippen molar-refractivity contribution in [3.8, 4) is 0 Å². The Balaban J connectivity index is 1.50. The van der Waals surface area contributed by atoms with Gasteiger partial charge in [0, 0.05) is 26.2 Å². The van der Waals surface area contributed by atoms with Crippen LogP contribution in [0.1, 0.15) is 17.4 Å². The summed E-state index contributed by atoms with van der Waals surface area (Å²) in [5.41, 5.74) is 1.28. The van der Waals surface area contributed by atoms with E-state index in [-0.39, 0.29) is 11.3 Å². The Hall–Kier alpha value is -0.560. The van der Waals surface area contributed by atoms with E-state index in [1.165, 1.54) is 5.56 Å². The highest BCUT2D eigenvalue weighted by Gasteiger charge is 2.32. The highest BCUT2D eigenvalue weighted by atomic mass is 32.2. The molecule has 3 heterocycles. The van der Waals surface area contributed by atoms with E-state index in [0.717, 1.165) is 45.8 Å². The fraction of sp³-hybridized carbons (Fsp3) is 0.643. The minimum Gasteiger partial charge on any atom is -0.379 e. The van der Waals surface area contributed by atoms with E-state index in [4.69, 9.17) is 4.74 Å². The Morgan fingerprint density at radius 3 is 2.90 bits per heavy atom. The van der Waals surface area contributed by atoms with Gasteiger partial charge in [0.25, 0.3) is 0 Å². The third kappa shape index (κ3) is 3.36. The number of amides is 1. The van der Waals surface area contributed by atoms with E-state index < -0.39 is 0 Å². The molecule has 0 bridgehead atoms. The first-order valence-corrected chi connectivity index (χ1v) is 9.07. The van der Waals surface area contributed by atoms with Crippen LogP contribution in [0.4, 0.5) is 0 Å². The quantitative estimate of drug-likeness (QED) is 0.833. The minimum atomic E-state index is 0.235. The zero-order valence-corrected chi connectivity index (χ0v) is 13.1. The molecule has 0 radical (unpaired) electrons. The average molecular weight is 312 g/mol. The minimum absolute atomic E-state index is 0.235. The van der Waals surface area contributed by atoms with Crippen molar-refractivity contribution >= 4 is 29.0 Å². The van der Waals surface area contributed by atoms with Gasteiger partial charge in [0.2, 0.25) is 5.91 Å². The van der Waals surface area contributed by atoms with Gasteiger partial charge < -0.3 is 9.64 Å². The van der Waals surface area contributed by atoms with Gasteiger partial charge in [0.15, 0.2) is 0 Å². The molecule has 6 heteroatoms. The number of nitrogens with zero attached hydrogens (tertiary/aromatic N) is 2. The van der Waals surface area contributed by atoms with Crippen LogP contribution in [0.15, 0.2) is 16.8 Å². The van der Waals surface area contributed by atoms with Gasteiger partial charge >= 0.3 is 0 Å². The SMILES string of the molecule is O=C1CSC(c2ccsc2)N1CCCN1CCOCC1. The Labute approximate surface area is 128 Å². The summed E-state index contributed by atoms with van der Waals surface area (Å²) in [6.45, 7) is 5.66. The summed E-state index contributed by atoms with van der Waals surface area (Å²) in [5, 5.41) is 4.48. The fourth-order valence-corrected chi connectivity index (χ4v) is 4.65. The van der Waals surface area contributed by atoms with Crippen molar-refractivity contribution in [3.05, 3.63) is 22.4 Å². The molecule has 2 saturated heterocycles. The monoisotopic (exact) mass is 312 g/mol. The standard InChI is InChI=1S/C14H20N2O2S2/c17-13-11-20-14(12-2-9-19-10-12)16(13)4-1-3-15-5-7-18-8-6-15/h2,9-10,14H,1,3-8,11H2. The molecule has 2 aliphatic heterocycles. The lowest BCUT2D eigenvalue weighted by molar-refractivity contribution is -0.128. The van der Waals surface area contributed by atoms with Gasteiger partial charge in [-0.2, -0.15) is 11.3 Å². The normalized spacial score (nSPS) is 24.5. The van der Waals surface area contributed by atoms with Crippen LogP contribution in [0.3, 0.4) is 0 Å². The summed E-state index contributed by atoms with van der Waals surface area (Å²) in [6.07, 6.45) is 1.05. The third-order valence-electron chi connectivity index (χ3n) is 3.77. The van der Waals surface area contributed by atoms with Gasteiger partial charge in [-0.15, -0.1) is 11.8 Å². The highest BCUT2D eigenvalue weighted by Crippen LogP contribution is 2.39. The Morgan fingerprint density at radius 2 is 2.15 bits per heavy atom. The molecule has 0 aliphatic carbocycles. The maximum absolute atomic E-state index is 12.0. The van der Waals surface area contributed by atoms with Crippen LogP contribution in [0, 0.1) is 0 Å². The van der Waals surface area contributed by atoms with Gasteiger partial charge in [0.1, 0.15) is 5.37 Å². The van der Waals surface area contributed by atoms with E-state index in [9.17, 15) is 4.79 Å². The molecular weight excluding hydrogens is 292 g/mol. The van der Waals surface area contributed by atoms with E-state index in [2.05, 4.69) is 21.7 Å². The fourth-order valence-electron chi connectivity index (χ4n) is 2.68. The van der Waals surface area contributed by atoms with E-state index in [1.54, 1.807) is 23.1 Å². The van der Waals surface area contributed by atoms with Crippen molar-refractivity contribution in [2.75, 3.05) is 45.1 Å². The number of hydrogen-bond acceptors (Lipinski definition) is 5. The molecule has 2 aliphatic rings. The molecule has 1 atom stereocenters. The molecule has 2 fully saturated rings.